The number of allylic oxidation sites excluding steroid dienone is 1. The van der Waals surface area contributed by atoms with Crippen molar-refractivity contribution in [3.63, 3.8) is 0 Å². The van der Waals surface area contributed by atoms with Crippen molar-refractivity contribution < 1.29 is 9.66 Å². The van der Waals surface area contributed by atoms with Gasteiger partial charge in [0, 0.05) is 31.1 Å². The number of likely N-dealkylation sites (N-methyl/N-ethyl adjacent to an activating group) is 1. The molecule has 0 radical (unpaired) electrons. The molecule has 170 valence electrons. The van der Waals surface area contributed by atoms with Crippen LogP contribution in [0.2, 0.25) is 0 Å². The van der Waals surface area contributed by atoms with Crippen LogP contribution in [0.5, 0.6) is 5.75 Å². The fourth-order valence-electron chi connectivity index (χ4n) is 3.90. The number of nitrogens with zero attached hydrogens (tertiary/aromatic N) is 4. The van der Waals surface area contributed by atoms with Gasteiger partial charge in [-0.2, -0.15) is 5.26 Å². The molecule has 8 nitrogen and oxygen atoms in total. The summed E-state index contributed by atoms with van der Waals surface area (Å²) in [6.45, 7) is 0.791. The maximum atomic E-state index is 11.0. The zero-order valence-corrected chi connectivity index (χ0v) is 19.0. The van der Waals surface area contributed by atoms with Crippen molar-refractivity contribution >= 4 is 28.8 Å². The van der Waals surface area contributed by atoms with E-state index in [0.717, 1.165) is 29.7 Å². The van der Waals surface area contributed by atoms with Gasteiger partial charge in [0.1, 0.15) is 17.7 Å². The lowest BCUT2D eigenvalue weighted by Crippen LogP contribution is -2.29. The molecule has 9 heteroatoms. The molecule has 1 aliphatic rings. The molecule has 0 heterocycles. The minimum Gasteiger partial charge on any atom is -0.492 e. The Hall–Kier alpha value is -3.70. The zero-order valence-electron chi connectivity index (χ0n) is 18.2. The van der Waals surface area contributed by atoms with Gasteiger partial charge >= 0.3 is 0 Å². The summed E-state index contributed by atoms with van der Waals surface area (Å²) in [6.07, 6.45) is 2.17. The molecule has 3 rings (SSSR count). The number of non-ortho nitro benzene ring substituents is 1. The highest BCUT2D eigenvalue weighted by Gasteiger charge is 2.29. The fraction of sp³-hybridized carbons (Fsp3) is 0.292. The smallest absolute Gasteiger partial charge is 0.273 e. The van der Waals surface area contributed by atoms with Crippen molar-refractivity contribution in [1.82, 2.24) is 4.90 Å². The number of ether oxygens (including phenoxy) is 1. The SMILES string of the molecule is CN(CCCOc1cc([N+](=O)[O-])ccc1C#N)C(=N)C1=C(N=CCl)C(c2ccccc2)CC1. The molecule has 0 fully saturated rings. The number of aliphatic imine (C=N–C) groups is 1. The molecule has 0 bridgehead atoms. The zero-order chi connectivity index (χ0) is 23.8. The highest BCUT2D eigenvalue weighted by molar-refractivity contribution is 6.56. The molecule has 0 aliphatic heterocycles. The number of halogens is 1. The standard InChI is InChI=1S/C24H24ClN5O3/c1-29(12-5-13-33-22-14-19(30(31)32)9-8-18(22)15-26)24(27)21-11-10-20(23(21)28-16-25)17-6-3-2-4-7-17/h2-4,6-9,14,16,20,27H,5,10-13H2,1H3. The molecule has 1 unspecified atom stereocenters. The van der Waals surface area contributed by atoms with E-state index in [2.05, 4.69) is 17.1 Å². The van der Waals surface area contributed by atoms with Crippen LogP contribution in [-0.4, -0.2) is 41.5 Å². The van der Waals surface area contributed by atoms with Crippen LogP contribution >= 0.6 is 11.6 Å². The summed E-state index contributed by atoms with van der Waals surface area (Å²) in [5, 5.41) is 28.9. The largest absolute Gasteiger partial charge is 0.492 e. The Kier molecular flexibility index (Phi) is 8.17. The van der Waals surface area contributed by atoms with Gasteiger partial charge in [-0.1, -0.05) is 41.9 Å². The van der Waals surface area contributed by atoms with Crippen LogP contribution in [0.25, 0.3) is 0 Å². The normalized spacial score (nSPS) is 15.5. The van der Waals surface area contributed by atoms with E-state index in [9.17, 15) is 15.4 Å². The van der Waals surface area contributed by atoms with Crippen LogP contribution in [0, 0.1) is 26.9 Å². The Bertz CT molecular complexity index is 1120. The van der Waals surface area contributed by atoms with E-state index in [1.165, 1.54) is 23.9 Å². The van der Waals surface area contributed by atoms with Crippen LogP contribution in [0.3, 0.4) is 0 Å². The van der Waals surface area contributed by atoms with Crippen LogP contribution < -0.4 is 4.74 Å². The number of nitro benzene ring substituents is 1. The minimum absolute atomic E-state index is 0.103. The van der Waals surface area contributed by atoms with Gasteiger partial charge in [-0.3, -0.25) is 15.5 Å². The molecular formula is C24H24ClN5O3. The molecule has 2 aromatic rings. The summed E-state index contributed by atoms with van der Waals surface area (Å²) in [5.41, 5.74) is 4.21. The van der Waals surface area contributed by atoms with Gasteiger partial charge in [-0.15, -0.1) is 0 Å². The van der Waals surface area contributed by atoms with E-state index in [-0.39, 0.29) is 29.5 Å². The monoisotopic (exact) mass is 465 g/mol. The Morgan fingerprint density at radius 1 is 1.39 bits per heavy atom. The second kappa shape index (κ2) is 11.2. The second-order valence-electron chi connectivity index (χ2n) is 7.61. The van der Waals surface area contributed by atoms with Crippen LogP contribution in [0.15, 0.2) is 64.8 Å². The molecule has 2 aromatic carbocycles. The van der Waals surface area contributed by atoms with Crippen LogP contribution in [-0.2, 0) is 0 Å². The first kappa shape index (κ1) is 24.0. The number of benzene rings is 2. The Morgan fingerprint density at radius 3 is 2.82 bits per heavy atom. The number of nitrogens with one attached hydrogen (secondary N) is 1. The summed E-state index contributed by atoms with van der Waals surface area (Å²) >= 11 is 5.81. The maximum absolute atomic E-state index is 11.0. The maximum Gasteiger partial charge on any atom is 0.273 e. The lowest BCUT2D eigenvalue weighted by Gasteiger charge is -2.21. The second-order valence-corrected chi connectivity index (χ2v) is 7.81. The number of nitriles is 1. The molecular weight excluding hydrogens is 442 g/mol. The third-order valence-electron chi connectivity index (χ3n) is 5.57. The average molecular weight is 466 g/mol. The van der Waals surface area contributed by atoms with E-state index >= 15 is 0 Å². The quantitative estimate of drug-likeness (QED) is 0.178. The molecule has 0 amide bonds. The van der Waals surface area contributed by atoms with Gasteiger partial charge in [-0.25, -0.2) is 4.99 Å². The number of hydrogen-bond acceptors (Lipinski definition) is 6. The van der Waals surface area contributed by atoms with Crippen molar-refractivity contribution in [1.29, 1.82) is 10.7 Å². The Labute approximate surface area is 197 Å². The first-order chi connectivity index (χ1) is 16.0. The molecule has 1 N–H and O–H groups in total. The van der Waals surface area contributed by atoms with Gasteiger partial charge < -0.3 is 9.64 Å². The summed E-state index contributed by atoms with van der Waals surface area (Å²) < 4.78 is 5.63. The van der Waals surface area contributed by atoms with E-state index in [0.29, 0.717) is 18.8 Å². The number of amidine groups is 1. The first-order valence-electron chi connectivity index (χ1n) is 10.5. The van der Waals surface area contributed by atoms with Crippen molar-refractivity contribution in [2.24, 2.45) is 4.99 Å². The number of rotatable bonds is 9. The molecule has 33 heavy (non-hydrogen) atoms. The topological polar surface area (TPSA) is 116 Å². The van der Waals surface area contributed by atoms with E-state index < -0.39 is 4.92 Å². The van der Waals surface area contributed by atoms with Crippen molar-refractivity contribution in [2.75, 3.05) is 20.2 Å². The lowest BCUT2D eigenvalue weighted by molar-refractivity contribution is -0.384. The Morgan fingerprint density at radius 2 is 2.15 bits per heavy atom. The summed E-state index contributed by atoms with van der Waals surface area (Å²) in [7, 11) is 1.83. The summed E-state index contributed by atoms with van der Waals surface area (Å²) in [5.74, 6) is 0.678. The van der Waals surface area contributed by atoms with Gasteiger partial charge in [0.15, 0.2) is 0 Å². The highest BCUT2D eigenvalue weighted by atomic mass is 35.5. The lowest BCUT2D eigenvalue weighted by atomic mass is 9.96. The van der Waals surface area contributed by atoms with Crippen molar-refractivity contribution in [2.45, 2.75) is 25.2 Å². The van der Waals surface area contributed by atoms with Gasteiger partial charge in [0.25, 0.3) is 5.69 Å². The third-order valence-corrected chi connectivity index (χ3v) is 5.67. The number of hydrogen-bond donors (Lipinski definition) is 1. The fourth-order valence-corrected chi connectivity index (χ4v) is 4.00. The van der Waals surface area contributed by atoms with Gasteiger partial charge in [-0.05, 0) is 30.9 Å². The van der Waals surface area contributed by atoms with Crippen LogP contribution in [0.4, 0.5) is 5.69 Å². The van der Waals surface area contributed by atoms with E-state index in [1.54, 1.807) is 0 Å². The third kappa shape index (κ3) is 5.76. The molecule has 0 aromatic heterocycles. The number of nitro groups is 1. The molecule has 1 atom stereocenters. The predicted octanol–water partition coefficient (Wildman–Crippen LogP) is 5.24. The van der Waals surface area contributed by atoms with Crippen molar-refractivity contribution in [3.05, 3.63) is 81.0 Å². The molecule has 1 aliphatic carbocycles. The Balaban J connectivity index is 1.63. The van der Waals surface area contributed by atoms with Gasteiger partial charge in [0.05, 0.1) is 34.5 Å². The molecule has 0 spiro atoms. The molecule has 0 saturated heterocycles. The minimum atomic E-state index is -0.526. The van der Waals surface area contributed by atoms with Gasteiger partial charge in [0.2, 0.25) is 0 Å². The van der Waals surface area contributed by atoms with Crippen LogP contribution in [0.1, 0.15) is 36.3 Å². The molecule has 0 saturated carbocycles. The highest BCUT2D eigenvalue weighted by Crippen LogP contribution is 2.40. The van der Waals surface area contributed by atoms with Crippen molar-refractivity contribution in [3.8, 4) is 11.8 Å². The van der Waals surface area contributed by atoms with E-state index in [1.807, 2.05) is 36.2 Å². The first-order valence-corrected chi connectivity index (χ1v) is 10.9. The average Bonchev–Trinajstić information content (AvgIpc) is 3.25. The van der Waals surface area contributed by atoms with E-state index in [4.69, 9.17) is 21.7 Å². The summed E-state index contributed by atoms with van der Waals surface area (Å²) in [4.78, 5) is 16.7. The predicted molar refractivity (Wildman–Crippen MR) is 128 cm³/mol. The summed E-state index contributed by atoms with van der Waals surface area (Å²) in [6, 6.07) is 16.0.